The number of hydrogen-bond acceptors (Lipinski definition) is 25. The van der Waals surface area contributed by atoms with Gasteiger partial charge in [0.2, 0.25) is 23.6 Å². The number of ketones is 2. The average Bonchev–Trinajstić information content (AvgIpc) is 0.945. The Balaban J connectivity index is 0.946. The molecule has 2 aliphatic heterocycles. The van der Waals surface area contributed by atoms with Gasteiger partial charge in [0, 0.05) is 121 Å². The number of imide groups is 1. The van der Waals surface area contributed by atoms with Crippen molar-refractivity contribution in [3.05, 3.63) is 64.1 Å². The Morgan fingerprint density at radius 3 is 1.59 bits per heavy atom. The highest BCUT2D eigenvalue weighted by atomic mass is 32.1. The van der Waals surface area contributed by atoms with Gasteiger partial charge in [-0.15, -0.1) is 11.3 Å². The van der Waals surface area contributed by atoms with Crippen molar-refractivity contribution in [3.8, 4) is 0 Å². The average molecular weight is 1550 g/mol. The number of esters is 1. The van der Waals surface area contributed by atoms with Gasteiger partial charge in [0.15, 0.2) is 11.9 Å². The molecule has 0 saturated carbocycles. The van der Waals surface area contributed by atoms with Crippen LogP contribution in [0.1, 0.15) is 146 Å². The Labute approximate surface area is 641 Å². The van der Waals surface area contributed by atoms with Gasteiger partial charge in [-0.3, -0.25) is 52.8 Å². The monoisotopic (exact) mass is 1550 g/mol. The molecule has 2 aliphatic rings. The predicted octanol–water partition coefficient (Wildman–Crippen LogP) is 5.50. The minimum absolute atomic E-state index is 0.0115. The molecule has 1 aromatic heterocycles. The maximum Gasteiger partial charge on any atom is 0.303 e. The van der Waals surface area contributed by atoms with Crippen molar-refractivity contribution in [2.24, 2.45) is 23.7 Å². The van der Waals surface area contributed by atoms with Crippen LogP contribution in [0.4, 0.5) is 0 Å². The second kappa shape index (κ2) is 57.5. The molecule has 31 heteroatoms. The fraction of sp³-hybridized carbons (Fsp3) is 0.727. The molecule has 1 saturated heterocycles. The van der Waals surface area contributed by atoms with Crippen LogP contribution in [0, 0.1) is 23.7 Å². The van der Waals surface area contributed by atoms with Gasteiger partial charge in [-0.05, 0) is 55.9 Å². The van der Waals surface area contributed by atoms with E-state index in [4.69, 9.17) is 66.6 Å². The lowest BCUT2D eigenvalue weighted by atomic mass is 9.82. The van der Waals surface area contributed by atoms with E-state index < -0.39 is 59.8 Å². The lowest BCUT2D eigenvalue weighted by Gasteiger charge is -2.38. The molecule has 0 bridgehead atoms. The van der Waals surface area contributed by atoms with Crippen LogP contribution >= 0.6 is 11.3 Å². The first kappa shape index (κ1) is 93.8. The summed E-state index contributed by atoms with van der Waals surface area (Å²) in [6.07, 6.45) is 6.33. The van der Waals surface area contributed by atoms with Crippen molar-refractivity contribution in [1.29, 1.82) is 0 Å². The lowest BCUT2D eigenvalue weighted by Crippen LogP contribution is -2.50. The summed E-state index contributed by atoms with van der Waals surface area (Å²) in [5.74, 6) is -4.10. The first-order valence-electron chi connectivity index (χ1n) is 38.3. The molecule has 1 aromatic carbocycles. The molecule has 3 N–H and O–H groups in total. The van der Waals surface area contributed by atoms with Gasteiger partial charge >= 0.3 is 5.97 Å². The second-order valence-electron chi connectivity index (χ2n) is 26.8. The number of Topliss-reactive ketones (excluding diaryl/α,β-unsaturated/α-hetero) is 2. The zero-order chi connectivity index (χ0) is 78.5. The standard InChI is InChI=1S/C77H123N7O23S/c1-9-58(4)65(54-69(88)67-19-13-14-26-83(67)60(6)85)77(94)82(8)68(57(2)3)55-70(107-61(7)86)76-81-66(56-108-76)75(93)80-63(53-62-16-11-10-12-17-62)52-59(5)74(92)79-24-15-18-64(87)23-28-95-30-32-97-34-36-99-38-40-101-42-44-103-46-48-105-50-51-106-49-47-104-45-43-102-41-39-100-37-35-98-33-31-96-29-25-78-71(89)22-27-84-72(90)20-21-73(84)91/h10-12,16-17,20-21,56-59,63,65,67-68,70H,9,13-15,18-19,22-55H2,1-8H3,(H,78,89)(H,79,92)(H,80,93)/t58-,59-,63+,65-,67+,68+,70+/m0/s1. The molecule has 0 unspecified atom stereocenters. The summed E-state index contributed by atoms with van der Waals surface area (Å²) in [4.78, 5) is 138. The van der Waals surface area contributed by atoms with Crippen molar-refractivity contribution in [2.45, 2.75) is 150 Å². The zero-order valence-corrected chi connectivity index (χ0v) is 65.9. The first-order chi connectivity index (χ1) is 52.2. The summed E-state index contributed by atoms with van der Waals surface area (Å²) < 4.78 is 72.1. The maximum absolute atomic E-state index is 14.5. The summed E-state index contributed by atoms with van der Waals surface area (Å²) in [7, 11) is 1.72. The molecule has 108 heavy (non-hydrogen) atoms. The van der Waals surface area contributed by atoms with Crippen LogP contribution in [0.25, 0.3) is 0 Å². The normalized spacial score (nSPS) is 15.4. The van der Waals surface area contributed by atoms with Gasteiger partial charge < -0.3 is 87.3 Å². The Kier molecular flexibility index (Phi) is 49.9. The number of thiazole rings is 1. The van der Waals surface area contributed by atoms with Crippen molar-refractivity contribution in [2.75, 3.05) is 192 Å². The second-order valence-corrected chi connectivity index (χ2v) is 27.7. The highest BCUT2D eigenvalue weighted by Gasteiger charge is 2.39. The predicted molar refractivity (Wildman–Crippen MR) is 401 cm³/mol. The number of carbonyl (C=O) groups excluding carboxylic acids is 10. The van der Waals surface area contributed by atoms with E-state index in [0.717, 1.165) is 23.3 Å². The quantitative estimate of drug-likeness (QED) is 0.0418. The molecule has 2 aromatic rings. The fourth-order valence-corrected chi connectivity index (χ4v) is 12.7. The van der Waals surface area contributed by atoms with Crippen LogP contribution in [-0.2, 0) is 111 Å². The van der Waals surface area contributed by atoms with Crippen molar-refractivity contribution < 1.29 is 110 Å². The van der Waals surface area contributed by atoms with Crippen LogP contribution < -0.4 is 16.0 Å². The Morgan fingerprint density at radius 1 is 0.611 bits per heavy atom. The Bertz CT molecular complexity index is 2930. The van der Waals surface area contributed by atoms with E-state index in [1.165, 1.54) is 37.3 Å². The van der Waals surface area contributed by atoms with E-state index in [-0.39, 0.29) is 98.0 Å². The SMILES string of the molecule is CC[C@H](C)[C@H](CC(=O)[C@H]1CCCCN1C(C)=O)C(=O)N(C)[C@H](C[C@@H](OC(C)=O)c1nc(C(=O)N[C@@H](Cc2ccccc2)C[C@H](C)C(=O)NCCCC(=O)CCOCCOCCOCCOCCOCCOCCOCCOCCOCCOCCOCCOCCNC(=O)CCN2C(=O)C=CC2=O)cs1)C(C)C. The number of nitrogens with one attached hydrogen (secondary N) is 3. The molecule has 0 spiro atoms. The number of likely N-dealkylation sites (tertiary alicyclic amines) is 1. The van der Waals surface area contributed by atoms with Gasteiger partial charge in [0.05, 0.1) is 165 Å². The molecule has 7 atom stereocenters. The molecule has 610 valence electrons. The van der Waals surface area contributed by atoms with E-state index in [2.05, 4.69) is 16.0 Å². The third kappa shape index (κ3) is 40.4. The summed E-state index contributed by atoms with van der Waals surface area (Å²) in [6, 6.07) is 8.16. The summed E-state index contributed by atoms with van der Waals surface area (Å²) in [5, 5.41) is 10.7. The van der Waals surface area contributed by atoms with E-state index in [1.807, 2.05) is 58.0 Å². The van der Waals surface area contributed by atoms with E-state index in [9.17, 15) is 47.9 Å². The molecule has 4 rings (SSSR count). The van der Waals surface area contributed by atoms with Crippen molar-refractivity contribution >= 4 is 70.2 Å². The van der Waals surface area contributed by atoms with Crippen LogP contribution in [0.15, 0.2) is 47.9 Å². The molecule has 7 amide bonds. The number of hydrogen-bond donors (Lipinski definition) is 3. The molecular weight excluding hydrogens is 1420 g/mol. The van der Waals surface area contributed by atoms with Gasteiger partial charge in [0.25, 0.3) is 17.7 Å². The van der Waals surface area contributed by atoms with Crippen LogP contribution in [0.5, 0.6) is 0 Å². The number of rotatable bonds is 65. The molecule has 3 heterocycles. The number of benzene rings is 1. The largest absolute Gasteiger partial charge is 0.455 e. The van der Waals surface area contributed by atoms with Crippen molar-refractivity contribution in [1.82, 2.24) is 35.6 Å². The molecule has 0 radical (unpaired) electrons. The molecule has 30 nitrogen and oxygen atoms in total. The maximum atomic E-state index is 14.5. The Morgan fingerprint density at radius 2 is 1.11 bits per heavy atom. The molecule has 1 fully saturated rings. The molecule has 0 aliphatic carbocycles. The third-order valence-corrected chi connectivity index (χ3v) is 19.0. The summed E-state index contributed by atoms with van der Waals surface area (Å²) in [6.45, 7) is 23.3. The van der Waals surface area contributed by atoms with Crippen molar-refractivity contribution in [3.63, 3.8) is 0 Å². The van der Waals surface area contributed by atoms with Gasteiger partial charge in [-0.2, -0.15) is 0 Å². The number of amides is 7. The number of ether oxygens (including phenoxy) is 13. The number of piperidine rings is 1. The fourth-order valence-electron chi connectivity index (χ4n) is 11.9. The summed E-state index contributed by atoms with van der Waals surface area (Å²) >= 11 is 1.17. The first-order valence-corrected chi connectivity index (χ1v) is 39.1. The minimum atomic E-state index is -0.897. The van der Waals surface area contributed by atoms with Crippen LogP contribution in [-0.4, -0.2) is 288 Å². The van der Waals surface area contributed by atoms with E-state index >= 15 is 0 Å². The zero-order valence-electron chi connectivity index (χ0n) is 65.1. The number of nitrogens with zero attached hydrogens (tertiary/aromatic N) is 4. The highest BCUT2D eigenvalue weighted by molar-refractivity contribution is 7.09. The minimum Gasteiger partial charge on any atom is -0.455 e. The number of carbonyl (C=O) groups is 10. The highest BCUT2D eigenvalue weighted by Crippen LogP contribution is 2.33. The summed E-state index contributed by atoms with van der Waals surface area (Å²) in [5.41, 5.74) is 1.07. The van der Waals surface area contributed by atoms with Crippen LogP contribution in [0.3, 0.4) is 0 Å². The topological polar surface area (TPSA) is 349 Å². The van der Waals surface area contributed by atoms with E-state index in [1.54, 1.807) is 29.2 Å². The van der Waals surface area contributed by atoms with E-state index in [0.29, 0.717) is 209 Å². The van der Waals surface area contributed by atoms with Gasteiger partial charge in [0.1, 0.15) is 16.5 Å². The number of aromatic nitrogens is 1. The smallest absolute Gasteiger partial charge is 0.303 e. The molecular formula is C77H123N7O23S. The van der Waals surface area contributed by atoms with Gasteiger partial charge in [-0.1, -0.05) is 71.4 Å². The third-order valence-electron chi connectivity index (χ3n) is 18.1. The van der Waals surface area contributed by atoms with Crippen LogP contribution in [0.2, 0.25) is 0 Å². The Hall–Kier alpha value is -6.59. The van der Waals surface area contributed by atoms with Gasteiger partial charge in [-0.25, -0.2) is 4.98 Å². The lowest BCUT2D eigenvalue weighted by molar-refractivity contribution is -0.150.